The average Bonchev–Trinajstić information content (AvgIpc) is 2.29. The molecule has 0 aliphatic rings. The van der Waals surface area contributed by atoms with Crippen LogP contribution in [0.2, 0.25) is 0 Å². The number of anilines is 1. The summed E-state index contributed by atoms with van der Waals surface area (Å²) in [7, 11) is 0. The van der Waals surface area contributed by atoms with Crippen molar-refractivity contribution in [3.8, 4) is 0 Å². The summed E-state index contributed by atoms with van der Waals surface area (Å²) in [6, 6.07) is 3.52. The lowest BCUT2D eigenvalue weighted by atomic mass is 10.2. The maximum absolute atomic E-state index is 11.8. The van der Waals surface area contributed by atoms with Crippen LogP contribution in [-0.4, -0.2) is 28.9 Å². The van der Waals surface area contributed by atoms with E-state index in [1.54, 1.807) is 29.3 Å². The third-order valence-electron chi connectivity index (χ3n) is 2.26. The molecule has 16 heavy (non-hydrogen) atoms. The molecule has 0 fully saturated rings. The van der Waals surface area contributed by atoms with Crippen LogP contribution in [0.5, 0.6) is 0 Å². The van der Waals surface area contributed by atoms with Gasteiger partial charge in [-0.25, -0.2) is 0 Å². The van der Waals surface area contributed by atoms with E-state index < -0.39 is 0 Å². The van der Waals surface area contributed by atoms with E-state index in [9.17, 15) is 4.79 Å². The van der Waals surface area contributed by atoms with Crippen molar-refractivity contribution in [2.75, 3.05) is 18.8 Å². The monoisotopic (exact) mass is 219 g/mol. The standard InChI is InChI=1S/C12H17N3O/c1-3-7-15(4-2)12(16)8-11-6-5-10(13)9-14-11/h3,5-6,9H,1,4,7-8,13H2,2H3. The van der Waals surface area contributed by atoms with Gasteiger partial charge in [0, 0.05) is 18.8 Å². The lowest BCUT2D eigenvalue weighted by Crippen LogP contribution is -2.32. The summed E-state index contributed by atoms with van der Waals surface area (Å²) in [5.41, 5.74) is 6.86. The van der Waals surface area contributed by atoms with Crippen LogP contribution in [0.25, 0.3) is 0 Å². The normalized spacial score (nSPS) is 9.81. The first-order valence-corrected chi connectivity index (χ1v) is 5.26. The minimum absolute atomic E-state index is 0.0553. The Hall–Kier alpha value is -1.84. The van der Waals surface area contributed by atoms with E-state index in [1.807, 2.05) is 6.92 Å². The summed E-state index contributed by atoms with van der Waals surface area (Å²) in [4.78, 5) is 17.6. The molecule has 1 heterocycles. The molecule has 4 heteroatoms. The number of amides is 1. The van der Waals surface area contributed by atoms with Crippen LogP contribution in [0.3, 0.4) is 0 Å². The summed E-state index contributed by atoms with van der Waals surface area (Å²) in [5.74, 6) is 0.0553. The van der Waals surface area contributed by atoms with E-state index in [0.717, 1.165) is 5.69 Å². The summed E-state index contributed by atoms with van der Waals surface area (Å²) in [5, 5.41) is 0. The first-order chi connectivity index (χ1) is 7.67. The van der Waals surface area contributed by atoms with Crippen LogP contribution in [0.15, 0.2) is 31.0 Å². The Balaban J connectivity index is 2.62. The largest absolute Gasteiger partial charge is 0.397 e. The lowest BCUT2D eigenvalue weighted by molar-refractivity contribution is -0.129. The van der Waals surface area contributed by atoms with E-state index >= 15 is 0 Å². The molecular weight excluding hydrogens is 202 g/mol. The molecule has 0 bridgehead atoms. The molecular formula is C12H17N3O. The average molecular weight is 219 g/mol. The highest BCUT2D eigenvalue weighted by molar-refractivity contribution is 5.78. The predicted molar refractivity (Wildman–Crippen MR) is 64.8 cm³/mol. The molecule has 0 saturated heterocycles. The van der Waals surface area contributed by atoms with Gasteiger partial charge >= 0.3 is 0 Å². The van der Waals surface area contributed by atoms with Gasteiger partial charge in [0.2, 0.25) is 5.91 Å². The highest BCUT2D eigenvalue weighted by atomic mass is 16.2. The maximum Gasteiger partial charge on any atom is 0.228 e. The van der Waals surface area contributed by atoms with Gasteiger partial charge in [-0.3, -0.25) is 9.78 Å². The number of nitrogen functional groups attached to an aromatic ring is 1. The van der Waals surface area contributed by atoms with Crippen molar-refractivity contribution in [1.29, 1.82) is 0 Å². The van der Waals surface area contributed by atoms with E-state index in [1.165, 1.54) is 0 Å². The second-order valence-corrected chi connectivity index (χ2v) is 3.48. The zero-order valence-electron chi connectivity index (χ0n) is 9.52. The SMILES string of the molecule is C=CCN(CC)C(=O)Cc1ccc(N)cn1. The Kier molecular flexibility index (Phi) is 4.51. The Morgan fingerprint density at radius 2 is 2.38 bits per heavy atom. The number of carbonyl (C=O) groups excluding carboxylic acids is 1. The molecule has 0 aromatic carbocycles. The number of carbonyl (C=O) groups is 1. The maximum atomic E-state index is 11.8. The third-order valence-corrected chi connectivity index (χ3v) is 2.26. The van der Waals surface area contributed by atoms with Crippen molar-refractivity contribution in [2.45, 2.75) is 13.3 Å². The molecule has 0 atom stereocenters. The summed E-state index contributed by atoms with van der Waals surface area (Å²) < 4.78 is 0. The summed E-state index contributed by atoms with van der Waals surface area (Å²) in [6.45, 7) is 6.82. The van der Waals surface area contributed by atoms with Crippen molar-refractivity contribution in [3.05, 3.63) is 36.7 Å². The number of pyridine rings is 1. The Morgan fingerprint density at radius 3 is 2.88 bits per heavy atom. The lowest BCUT2D eigenvalue weighted by Gasteiger charge is -2.18. The zero-order chi connectivity index (χ0) is 12.0. The number of hydrogen-bond acceptors (Lipinski definition) is 3. The number of nitrogens with two attached hydrogens (primary N) is 1. The summed E-state index contributed by atoms with van der Waals surface area (Å²) >= 11 is 0. The van der Waals surface area contributed by atoms with E-state index in [2.05, 4.69) is 11.6 Å². The molecule has 0 spiro atoms. The fraction of sp³-hybridized carbons (Fsp3) is 0.333. The van der Waals surface area contributed by atoms with Gasteiger partial charge in [-0.15, -0.1) is 6.58 Å². The Bertz CT molecular complexity index is 359. The molecule has 0 radical (unpaired) electrons. The topological polar surface area (TPSA) is 59.2 Å². The van der Waals surface area contributed by atoms with E-state index in [4.69, 9.17) is 5.73 Å². The third kappa shape index (κ3) is 3.38. The number of aromatic nitrogens is 1. The van der Waals surface area contributed by atoms with Crippen LogP contribution in [-0.2, 0) is 11.2 Å². The first-order valence-electron chi connectivity index (χ1n) is 5.26. The van der Waals surface area contributed by atoms with E-state index in [0.29, 0.717) is 25.2 Å². The number of nitrogens with zero attached hydrogens (tertiary/aromatic N) is 2. The van der Waals surface area contributed by atoms with Crippen LogP contribution < -0.4 is 5.73 Å². The molecule has 0 aliphatic carbocycles. The molecule has 1 aromatic rings. The number of hydrogen-bond donors (Lipinski definition) is 1. The van der Waals surface area contributed by atoms with Crippen LogP contribution in [0.1, 0.15) is 12.6 Å². The molecule has 1 aromatic heterocycles. The van der Waals surface area contributed by atoms with Crippen LogP contribution >= 0.6 is 0 Å². The van der Waals surface area contributed by atoms with Crippen molar-refractivity contribution in [3.63, 3.8) is 0 Å². The highest BCUT2D eigenvalue weighted by Gasteiger charge is 2.11. The molecule has 1 amide bonds. The minimum Gasteiger partial charge on any atom is -0.397 e. The molecule has 4 nitrogen and oxygen atoms in total. The minimum atomic E-state index is 0.0553. The van der Waals surface area contributed by atoms with Gasteiger partial charge in [0.15, 0.2) is 0 Å². The van der Waals surface area contributed by atoms with Gasteiger partial charge in [0.1, 0.15) is 0 Å². The summed E-state index contributed by atoms with van der Waals surface area (Å²) in [6.07, 6.45) is 3.59. The fourth-order valence-electron chi connectivity index (χ4n) is 1.37. The van der Waals surface area contributed by atoms with Gasteiger partial charge in [-0.2, -0.15) is 0 Å². The van der Waals surface area contributed by atoms with Crippen molar-refractivity contribution in [2.24, 2.45) is 0 Å². The zero-order valence-corrected chi connectivity index (χ0v) is 9.52. The molecule has 2 N–H and O–H groups in total. The smallest absolute Gasteiger partial charge is 0.228 e. The molecule has 86 valence electrons. The number of likely N-dealkylation sites (N-methyl/N-ethyl adjacent to an activating group) is 1. The van der Waals surface area contributed by atoms with Crippen molar-refractivity contribution < 1.29 is 4.79 Å². The first kappa shape index (κ1) is 12.2. The van der Waals surface area contributed by atoms with Crippen LogP contribution in [0, 0.1) is 0 Å². The van der Waals surface area contributed by atoms with Crippen molar-refractivity contribution in [1.82, 2.24) is 9.88 Å². The second kappa shape index (κ2) is 5.90. The predicted octanol–water partition coefficient (Wildman–Crippen LogP) is 1.24. The van der Waals surface area contributed by atoms with E-state index in [-0.39, 0.29) is 5.91 Å². The highest BCUT2D eigenvalue weighted by Crippen LogP contribution is 2.04. The quantitative estimate of drug-likeness (QED) is 0.758. The second-order valence-electron chi connectivity index (χ2n) is 3.48. The molecule has 1 rings (SSSR count). The van der Waals surface area contributed by atoms with Crippen LogP contribution in [0.4, 0.5) is 5.69 Å². The van der Waals surface area contributed by atoms with Gasteiger partial charge in [0.25, 0.3) is 0 Å². The molecule has 0 unspecified atom stereocenters. The molecule has 0 saturated carbocycles. The van der Waals surface area contributed by atoms with Gasteiger partial charge in [-0.05, 0) is 19.1 Å². The van der Waals surface area contributed by atoms with Crippen molar-refractivity contribution >= 4 is 11.6 Å². The van der Waals surface area contributed by atoms with Gasteiger partial charge in [0.05, 0.1) is 18.3 Å². The van der Waals surface area contributed by atoms with Gasteiger partial charge < -0.3 is 10.6 Å². The Labute approximate surface area is 95.8 Å². The van der Waals surface area contributed by atoms with Gasteiger partial charge in [-0.1, -0.05) is 6.08 Å². The fourth-order valence-corrected chi connectivity index (χ4v) is 1.37. The molecule has 0 aliphatic heterocycles. The number of rotatable bonds is 5. The Morgan fingerprint density at radius 1 is 1.62 bits per heavy atom.